The topological polar surface area (TPSA) is 33.7 Å². The molecule has 0 atom stereocenters. The largest absolute Gasteiger partial charge is 0.493 e. The smallest absolute Gasteiger partial charge is 0.175 e. The summed E-state index contributed by atoms with van der Waals surface area (Å²) in [5.74, 6) is 1.56. The zero-order chi connectivity index (χ0) is 17.7. The van der Waals surface area contributed by atoms with Crippen molar-refractivity contribution >= 4 is 15.9 Å². The molecule has 0 spiro atoms. The van der Waals surface area contributed by atoms with E-state index in [1.54, 1.807) is 7.11 Å². The van der Waals surface area contributed by atoms with Crippen molar-refractivity contribution in [1.29, 1.82) is 0 Å². The van der Waals surface area contributed by atoms with Crippen molar-refractivity contribution in [3.8, 4) is 11.5 Å². The Morgan fingerprint density at radius 1 is 1.25 bits per heavy atom. The molecule has 1 aliphatic rings. The van der Waals surface area contributed by atoms with E-state index >= 15 is 0 Å². The van der Waals surface area contributed by atoms with Gasteiger partial charge in [0.05, 0.1) is 18.2 Å². The maximum Gasteiger partial charge on any atom is 0.175 e. The van der Waals surface area contributed by atoms with Crippen molar-refractivity contribution in [2.75, 3.05) is 26.8 Å². The molecule has 136 valence electrons. The maximum atomic E-state index is 5.65. The molecule has 2 rings (SSSR count). The molecule has 5 heteroatoms. The molecule has 0 amide bonds. The van der Waals surface area contributed by atoms with Crippen LogP contribution in [0.2, 0.25) is 0 Å². The third-order valence-electron chi connectivity index (χ3n) is 4.62. The first-order valence-corrected chi connectivity index (χ1v) is 9.62. The van der Waals surface area contributed by atoms with Gasteiger partial charge in [0.2, 0.25) is 0 Å². The quantitative estimate of drug-likeness (QED) is 0.777. The van der Waals surface area contributed by atoms with E-state index in [0.29, 0.717) is 12.6 Å². The van der Waals surface area contributed by atoms with Gasteiger partial charge in [-0.2, -0.15) is 0 Å². The molecule has 1 aliphatic heterocycles. The average Bonchev–Trinajstić information content (AvgIpc) is 2.54. The zero-order valence-corrected chi connectivity index (χ0v) is 17.2. The molecule has 1 heterocycles. The standard InChI is InChI=1S/C19H31BrN2O2/c1-6-24-18-16(20)11-14(12-17(18)23-5)13-21-15-7-9-22(10-8-15)19(2,3)4/h11-12,15,21H,6-10,13H2,1-5H3. The van der Waals surface area contributed by atoms with Gasteiger partial charge in [-0.25, -0.2) is 0 Å². The highest BCUT2D eigenvalue weighted by molar-refractivity contribution is 9.10. The summed E-state index contributed by atoms with van der Waals surface area (Å²) in [6.45, 7) is 12.7. The van der Waals surface area contributed by atoms with Crippen LogP contribution in [0.25, 0.3) is 0 Å². The van der Waals surface area contributed by atoms with Crippen molar-refractivity contribution in [2.24, 2.45) is 0 Å². The summed E-state index contributed by atoms with van der Waals surface area (Å²) >= 11 is 3.60. The molecule has 24 heavy (non-hydrogen) atoms. The van der Waals surface area contributed by atoms with Gasteiger partial charge in [-0.3, -0.25) is 4.90 Å². The molecule has 0 aromatic heterocycles. The molecule has 1 N–H and O–H groups in total. The normalized spacial score (nSPS) is 17.1. The van der Waals surface area contributed by atoms with Crippen molar-refractivity contribution in [1.82, 2.24) is 10.2 Å². The van der Waals surface area contributed by atoms with Gasteiger partial charge in [0, 0.05) is 31.2 Å². The Bertz CT molecular complexity index is 535. The number of likely N-dealkylation sites (tertiary alicyclic amines) is 1. The Morgan fingerprint density at radius 2 is 1.92 bits per heavy atom. The molecule has 1 aromatic rings. The maximum absolute atomic E-state index is 5.65. The van der Waals surface area contributed by atoms with Crippen LogP contribution in [0.15, 0.2) is 16.6 Å². The second-order valence-corrected chi connectivity index (χ2v) is 8.21. The first-order chi connectivity index (χ1) is 11.3. The Labute approximate surface area is 155 Å². The number of halogens is 1. The molecule has 0 unspecified atom stereocenters. The summed E-state index contributed by atoms with van der Waals surface area (Å²) < 4.78 is 12.1. The first kappa shape index (κ1) is 19.5. The molecule has 0 saturated carbocycles. The Kier molecular flexibility index (Phi) is 6.96. The fourth-order valence-corrected chi connectivity index (χ4v) is 3.78. The van der Waals surface area contributed by atoms with Gasteiger partial charge in [0.1, 0.15) is 0 Å². The van der Waals surface area contributed by atoms with Crippen LogP contribution in [0.1, 0.15) is 46.1 Å². The molecular weight excluding hydrogens is 368 g/mol. The number of hydrogen-bond donors (Lipinski definition) is 1. The van der Waals surface area contributed by atoms with Gasteiger partial charge in [-0.05, 0) is 74.2 Å². The minimum absolute atomic E-state index is 0.276. The van der Waals surface area contributed by atoms with E-state index in [9.17, 15) is 0 Å². The predicted molar refractivity (Wildman–Crippen MR) is 103 cm³/mol. The highest BCUT2D eigenvalue weighted by Crippen LogP contribution is 2.36. The number of rotatable bonds is 6. The lowest BCUT2D eigenvalue weighted by molar-refractivity contribution is 0.0960. The minimum atomic E-state index is 0.276. The Morgan fingerprint density at radius 3 is 2.46 bits per heavy atom. The van der Waals surface area contributed by atoms with E-state index in [1.807, 2.05) is 6.92 Å². The molecular formula is C19H31BrN2O2. The van der Waals surface area contributed by atoms with E-state index in [2.05, 4.69) is 59.1 Å². The van der Waals surface area contributed by atoms with Crippen molar-refractivity contribution < 1.29 is 9.47 Å². The SMILES string of the molecule is CCOc1c(Br)cc(CNC2CCN(C(C)(C)C)CC2)cc1OC. The Balaban J connectivity index is 1.92. The fraction of sp³-hybridized carbons (Fsp3) is 0.684. The molecule has 0 radical (unpaired) electrons. The monoisotopic (exact) mass is 398 g/mol. The average molecular weight is 399 g/mol. The van der Waals surface area contributed by atoms with Crippen LogP contribution in [-0.2, 0) is 6.54 Å². The third-order valence-corrected chi connectivity index (χ3v) is 5.21. The van der Waals surface area contributed by atoms with Gasteiger partial charge >= 0.3 is 0 Å². The summed E-state index contributed by atoms with van der Waals surface area (Å²) in [5, 5.41) is 3.70. The summed E-state index contributed by atoms with van der Waals surface area (Å²) in [6.07, 6.45) is 2.40. The van der Waals surface area contributed by atoms with Crippen molar-refractivity contribution in [2.45, 2.75) is 58.7 Å². The van der Waals surface area contributed by atoms with Crippen molar-refractivity contribution in [3.05, 3.63) is 22.2 Å². The molecule has 0 bridgehead atoms. The van der Waals surface area contributed by atoms with Crippen LogP contribution >= 0.6 is 15.9 Å². The zero-order valence-electron chi connectivity index (χ0n) is 15.6. The van der Waals surface area contributed by atoms with Crippen LogP contribution < -0.4 is 14.8 Å². The van der Waals surface area contributed by atoms with Crippen LogP contribution in [-0.4, -0.2) is 43.3 Å². The summed E-state index contributed by atoms with van der Waals surface area (Å²) in [7, 11) is 1.68. The fourth-order valence-electron chi connectivity index (χ4n) is 3.18. The number of methoxy groups -OCH3 is 1. The number of ether oxygens (including phenoxy) is 2. The first-order valence-electron chi connectivity index (χ1n) is 8.82. The summed E-state index contributed by atoms with van der Waals surface area (Å²) in [6, 6.07) is 4.76. The summed E-state index contributed by atoms with van der Waals surface area (Å²) in [5.41, 5.74) is 1.48. The lowest BCUT2D eigenvalue weighted by Crippen LogP contribution is -2.49. The van der Waals surface area contributed by atoms with Gasteiger partial charge in [-0.1, -0.05) is 0 Å². The number of nitrogens with zero attached hydrogens (tertiary/aromatic N) is 1. The lowest BCUT2D eigenvalue weighted by atomic mass is 9.98. The molecule has 1 saturated heterocycles. The van der Waals surface area contributed by atoms with E-state index in [4.69, 9.17) is 9.47 Å². The van der Waals surface area contributed by atoms with E-state index in [1.165, 1.54) is 18.4 Å². The van der Waals surface area contributed by atoms with Gasteiger partial charge in [0.15, 0.2) is 11.5 Å². The van der Waals surface area contributed by atoms with Crippen LogP contribution in [0.5, 0.6) is 11.5 Å². The van der Waals surface area contributed by atoms with Gasteiger partial charge in [0.25, 0.3) is 0 Å². The van der Waals surface area contributed by atoms with E-state index < -0.39 is 0 Å². The molecule has 1 aromatic carbocycles. The highest BCUT2D eigenvalue weighted by atomic mass is 79.9. The Hall–Kier alpha value is -0.780. The van der Waals surface area contributed by atoms with Crippen LogP contribution in [0.4, 0.5) is 0 Å². The van der Waals surface area contributed by atoms with Crippen LogP contribution in [0.3, 0.4) is 0 Å². The van der Waals surface area contributed by atoms with Crippen molar-refractivity contribution in [3.63, 3.8) is 0 Å². The minimum Gasteiger partial charge on any atom is -0.493 e. The van der Waals surface area contributed by atoms with Gasteiger partial charge in [-0.15, -0.1) is 0 Å². The van der Waals surface area contributed by atoms with Gasteiger partial charge < -0.3 is 14.8 Å². The van der Waals surface area contributed by atoms with E-state index in [-0.39, 0.29) is 5.54 Å². The molecule has 0 aliphatic carbocycles. The number of benzene rings is 1. The highest BCUT2D eigenvalue weighted by Gasteiger charge is 2.26. The second-order valence-electron chi connectivity index (χ2n) is 7.36. The number of hydrogen-bond acceptors (Lipinski definition) is 4. The predicted octanol–water partition coefficient (Wildman–Crippen LogP) is 4.21. The molecule has 4 nitrogen and oxygen atoms in total. The lowest BCUT2D eigenvalue weighted by Gasteiger charge is -2.41. The number of nitrogens with one attached hydrogen (secondary N) is 1. The number of piperidine rings is 1. The van der Waals surface area contributed by atoms with E-state index in [0.717, 1.165) is 35.6 Å². The second kappa shape index (κ2) is 8.54. The summed E-state index contributed by atoms with van der Waals surface area (Å²) in [4.78, 5) is 2.57. The third kappa shape index (κ3) is 5.11. The molecule has 1 fully saturated rings. The van der Waals surface area contributed by atoms with Crippen LogP contribution in [0, 0.1) is 0 Å².